The maximum Gasteiger partial charge on any atom is 0.166 e. The lowest BCUT2D eigenvalue weighted by molar-refractivity contribution is 0.0376. The number of hydrogen-bond donors (Lipinski definition) is 2. The summed E-state index contributed by atoms with van der Waals surface area (Å²) in [7, 11) is 0. The van der Waals surface area contributed by atoms with Crippen LogP contribution in [0, 0.1) is 12.8 Å². The second-order valence-electron chi connectivity index (χ2n) is 5.36. The molecule has 1 atom stereocenters. The first-order chi connectivity index (χ1) is 8.38. The number of nitrogens with one attached hydrogen (secondary N) is 1. The Morgan fingerprint density at radius 1 is 1.44 bits per heavy atom. The lowest BCUT2D eigenvalue weighted by Gasteiger charge is -2.26. The lowest BCUT2D eigenvalue weighted by Crippen LogP contribution is -2.33. The molecule has 0 saturated carbocycles. The van der Waals surface area contributed by atoms with Crippen molar-refractivity contribution in [1.29, 1.82) is 0 Å². The van der Waals surface area contributed by atoms with Crippen LogP contribution < -0.4 is 0 Å². The molecule has 1 aromatic heterocycles. The normalized spacial score (nSPS) is 15.2. The standard InChI is InChI=1S/C14H20N2OS/c1-9(2)14(4,17)8-18-13-15-11-6-5-10(3)7-12(11)16-13/h5-7,9,17H,8H2,1-4H3,(H,15,16). The minimum absolute atomic E-state index is 0.233. The molecule has 0 saturated heterocycles. The maximum atomic E-state index is 10.2. The van der Waals surface area contributed by atoms with Crippen LogP contribution >= 0.6 is 11.8 Å². The molecule has 0 fully saturated rings. The van der Waals surface area contributed by atoms with Crippen LogP contribution in [0.4, 0.5) is 0 Å². The van der Waals surface area contributed by atoms with Gasteiger partial charge < -0.3 is 10.1 Å². The molecule has 0 aliphatic rings. The number of aromatic nitrogens is 2. The molecule has 1 heterocycles. The zero-order valence-electron chi connectivity index (χ0n) is 11.3. The number of aromatic amines is 1. The van der Waals surface area contributed by atoms with Crippen molar-refractivity contribution in [3.05, 3.63) is 23.8 Å². The van der Waals surface area contributed by atoms with Crippen molar-refractivity contribution in [2.75, 3.05) is 5.75 Å². The Kier molecular flexibility index (Phi) is 3.69. The summed E-state index contributed by atoms with van der Waals surface area (Å²) in [6.07, 6.45) is 0. The van der Waals surface area contributed by atoms with E-state index in [4.69, 9.17) is 0 Å². The topological polar surface area (TPSA) is 48.9 Å². The van der Waals surface area contributed by atoms with Gasteiger partial charge in [0.25, 0.3) is 0 Å². The highest BCUT2D eigenvalue weighted by Gasteiger charge is 2.25. The monoisotopic (exact) mass is 264 g/mol. The van der Waals surface area contributed by atoms with Crippen molar-refractivity contribution >= 4 is 22.8 Å². The number of benzene rings is 1. The molecule has 98 valence electrons. The van der Waals surface area contributed by atoms with E-state index in [1.54, 1.807) is 11.8 Å². The molecule has 0 aliphatic heterocycles. The van der Waals surface area contributed by atoms with Gasteiger partial charge in [-0.05, 0) is 37.5 Å². The molecule has 18 heavy (non-hydrogen) atoms. The Morgan fingerprint density at radius 2 is 2.17 bits per heavy atom. The van der Waals surface area contributed by atoms with Gasteiger partial charge in [-0.15, -0.1) is 0 Å². The molecule has 1 aromatic carbocycles. The van der Waals surface area contributed by atoms with Crippen molar-refractivity contribution in [3.8, 4) is 0 Å². The Hall–Kier alpha value is -1.00. The second kappa shape index (κ2) is 4.94. The summed E-state index contributed by atoms with van der Waals surface area (Å²) in [5.74, 6) is 0.875. The van der Waals surface area contributed by atoms with Crippen molar-refractivity contribution in [3.63, 3.8) is 0 Å². The molecule has 3 nitrogen and oxygen atoms in total. The molecule has 0 bridgehead atoms. The fraction of sp³-hybridized carbons (Fsp3) is 0.500. The summed E-state index contributed by atoms with van der Waals surface area (Å²) in [5, 5.41) is 11.1. The summed E-state index contributed by atoms with van der Waals surface area (Å²) >= 11 is 1.57. The van der Waals surface area contributed by atoms with E-state index in [0.29, 0.717) is 5.75 Å². The van der Waals surface area contributed by atoms with Crippen LogP contribution in [0.25, 0.3) is 11.0 Å². The number of aliphatic hydroxyl groups is 1. The maximum absolute atomic E-state index is 10.2. The van der Waals surface area contributed by atoms with Gasteiger partial charge >= 0.3 is 0 Å². The summed E-state index contributed by atoms with van der Waals surface area (Å²) in [6, 6.07) is 6.17. The second-order valence-corrected chi connectivity index (χ2v) is 6.33. The van der Waals surface area contributed by atoms with Crippen LogP contribution in [0.1, 0.15) is 26.3 Å². The van der Waals surface area contributed by atoms with E-state index < -0.39 is 5.60 Å². The van der Waals surface area contributed by atoms with Crippen LogP contribution in [-0.4, -0.2) is 26.4 Å². The molecule has 0 aliphatic carbocycles. The Bertz CT molecular complexity index is 546. The fourth-order valence-corrected chi connectivity index (χ4v) is 2.66. The van der Waals surface area contributed by atoms with Gasteiger partial charge in [0.15, 0.2) is 5.16 Å². The summed E-state index contributed by atoms with van der Waals surface area (Å²) in [6.45, 7) is 8.00. The molecule has 0 radical (unpaired) electrons. The van der Waals surface area contributed by atoms with Crippen LogP contribution in [0.5, 0.6) is 0 Å². The molecule has 4 heteroatoms. The zero-order valence-corrected chi connectivity index (χ0v) is 12.1. The van der Waals surface area contributed by atoms with Crippen molar-refractivity contribution in [2.24, 2.45) is 5.92 Å². The van der Waals surface area contributed by atoms with E-state index in [1.807, 2.05) is 26.8 Å². The molecule has 2 aromatic rings. The SMILES string of the molecule is Cc1ccc2nc(SCC(C)(O)C(C)C)[nH]c2c1. The number of fused-ring (bicyclic) bond motifs is 1. The minimum Gasteiger partial charge on any atom is -0.389 e. The molecule has 1 unspecified atom stereocenters. The first kappa shape index (κ1) is 13.4. The van der Waals surface area contributed by atoms with Crippen LogP contribution in [0.2, 0.25) is 0 Å². The highest BCUT2D eigenvalue weighted by Crippen LogP contribution is 2.27. The molecule has 0 amide bonds. The van der Waals surface area contributed by atoms with E-state index >= 15 is 0 Å². The van der Waals surface area contributed by atoms with Crippen molar-refractivity contribution < 1.29 is 5.11 Å². The number of aryl methyl sites for hydroxylation is 1. The van der Waals surface area contributed by atoms with Gasteiger partial charge in [0.05, 0.1) is 16.6 Å². The zero-order chi connectivity index (χ0) is 13.3. The Labute approximate surface area is 112 Å². The van der Waals surface area contributed by atoms with Crippen molar-refractivity contribution in [2.45, 2.75) is 38.5 Å². The van der Waals surface area contributed by atoms with Gasteiger partial charge in [-0.2, -0.15) is 0 Å². The highest BCUT2D eigenvalue weighted by molar-refractivity contribution is 7.99. The van der Waals surface area contributed by atoms with E-state index in [0.717, 1.165) is 16.2 Å². The van der Waals surface area contributed by atoms with E-state index in [1.165, 1.54) is 5.56 Å². The smallest absolute Gasteiger partial charge is 0.166 e. The van der Waals surface area contributed by atoms with Gasteiger partial charge in [-0.25, -0.2) is 4.98 Å². The number of nitrogens with zero attached hydrogens (tertiary/aromatic N) is 1. The largest absolute Gasteiger partial charge is 0.389 e. The molecule has 2 N–H and O–H groups in total. The number of rotatable bonds is 4. The predicted molar refractivity (Wildman–Crippen MR) is 77.0 cm³/mol. The number of imidazole rings is 1. The summed E-state index contributed by atoms with van der Waals surface area (Å²) in [4.78, 5) is 7.80. The first-order valence-corrected chi connectivity index (χ1v) is 7.18. The number of thioether (sulfide) groups is 1. The molecular formula is C14H20N2OS. The van der Waals surface area contributed by atoms with Gasteiger partial charge in [-0.1, -0.05) is 31.7 Å². The average molecular weight is 264 g/mol. The molecule has 0 spiro atoms. The van der Waals surface area contributed by atoms with E-state index in [9.17, 15) is 5.11 Å². The van der Waals surface area contributed by atoms with Gasteiger partial charge in [0.2, 0.25) is 0 Å². The minimum atomic E-state index is -0.667. The molecule has 2 rings (SSSR count). The van der Waals surface area contributed by atoms with Crippen LogP contribution in [-0.2, 0) is 0 Å². The number of H-pyrrole nitrogens is 1. The van der Waals surface area contributed by atoms with Crippen LogP contribution in [0.15, 0.2) is 23.4 Å². The van der Waals surface area contributed by atoms with Crippen LogP contribution in [0.3, 0.4) is 0 Å². The Balaban J connectivity index is 2.13. The van der Waals surface area contributed by atoms with Gasteiger partial charge in [0.1, 0.15) is 0 Å². The molecular weight excluding hydrogens is 244 g/mol. The summed E-state index contributed by atoms with van der Waals surface area (Å²) < 4.78 is 0. The lowest BCUT2D eigenvalue weighted by atomic mass is 9.95. The van der Waals surface area contributed by atoms with Gasteiger partial charge in [0, 0.05) is 5.75 Å². The fourth-order valence-electron chi connectivity index (χ4n) is 1.55. The van der Waals surface area contributed by atoms with E-state index in [2.05, 4.69) is 29.0 Å². The number of hydrogen-bond acceptors (Lipinski definition) is 3. The predicted octanol–water partition coefficient (Wildman–Crippen LogP) is 3.37. The first-order valence-electron chi connectivity index (χ1n) is 6.20. The third-order valence-electron chi connectivity index (χ3n) is 3.36. The van der Waals surface area contributed by atoms with E-state index in [-0.39, 0.29) is 5.92 Å². The third kappa shape index (κ3) is 2.87. The Morgan fingerprint density at radius 3 is 2.83 bits per heavy atom. The quantitative estimate of drug-likeness (QED) is 0.832. The van der Waals surface area contributed by atoms with Gasteiger partial charge in [-0.3, -0.25) is 0 Å². The summed E-state index contributed by atoms with van der Waals surface area (Å²) in [5.41, 5.74) is 2.59. The average Bonchev–Trinajstić information content (AvgIpc) is 2.68. The van der Waals surface area contributed by atoms with Crippen molar-refractivity contribution in [1.82, 2.24) is 9.97 Å². The third-order valence-corrected chi connectivity index (χ3v) is 4.56. The highest BCUT2D eigenvalue weighted by atomic mass is 32.2.